The second-order valence-electron chi connectivity index (χ2n) is 6.70. The number of benzene rings is 1. The van der Waals surface area contributed by atoms with Crippen LogP contribution in [0.4, 0.5) is 5.69 Å². The lowest BCUT2D eigenvalue weighted by Crippen LogP contribution is -2.54. The van der Waals surface area contributed by atoms with Crippen LogP contribution in [0.2, 0.25) is 0 Å². The van der Waals surface area contributed by atoms with E-state index in [1.807, 2.05) is 36.1 Å². The molecular formula is C18H19NO3. The predicted octanol–water partition coefficient (Wildman–Crippen LogP) is 2.72. The normalized spacial score (nSPS) is 35.7. The molecule has 114 valence electrons. The number of amides is 1. The molecule has 0 unspecified atom stereocenters. The van der Waals surface area contributed by atoms with E-state index in [-0.39, 0.29) is 17.9 Å². The molecule has 2 saturated heterocycles. The Morgan fingerprint density at radius 3 is 2.95 bits per heavy atom. The number of allylic oxidation sites excluding steroid dienone is 1. The summed E-state index contributed by atoms with van der Waals surface area (Å²) < 4.78 is 5.85. The number of fused-ring (bicyclic) bond motifs is 3. The average Bonchev–Trinajstić information content (AvgIpc) is 2.84. The van der Waals surface area contributed by atoms with E-state index in [4.69, 9.17) is 4.74 Å². The molecule has 1 aromatic carbocycles. The number of para-hydroxylation sites is 1. The van der Waals surface area contributed by atoms with Gasteiger partial charge >= 0.3 is 5.97 Å². The van der Waals surface area contributed by atoms with Gasteiger partial charge in [-0.15, -0.1) is 6.58 Å². The zero-order valence-electron chi connectivity index (χ0n) is 12.7. The van der Waals surface area contributed by atoms with E-state index in [1.54, 1.807) is 6.08 Å². The predicted molar refractivity (Wildman–Crippen MR) is 82.6 cm³/mol. The van der Waals surface area contributed by atoms with Crippen molar-refractivity contribution in [1.82, 2.24) is 0 Å². The standard InChI is InChI=1S/C18H19NO3/c1-3-10-18-12-7-4-5-8-13(12)19-14(20)9-6-11-17(2,15(18)19)22-16(18)21/h3-5,7-8,15H,1,6,9-11H2,2H3/t15-,17-,18-/m1/s1. The number of carbonyl (C=O) groups is 2. The highest BCUT2D eigenvalue weighted by Crippen LogP contribution is 2.58. The van der Waals surface area contributed by atoms with Crippen LogP contribution in [0.25, 0.3) is 0 Å². The van der Waals surface area contributed by atoms with Gasteiger partial charge in [0.25, 0.3) is 0 Å². The van der Waals surface area contributed by atoms with E-state index in [0.717, 1.165) is 24.1 Å². The molecule has 22 heavy (non-hydrogen) atoms. The Hall–Kier alpha value is -2.10. The van der Waals surface area contributed by atoms with Gasteiger partial charge < -0.3 is 9.64 Å². The van der Waals surface area contributed by atoms with Crippen LogP contribution in [-0.4, -0.2) is 23.5 Å². The van der Waals surface area contributed by atoms with Gasteiger partial charge in [-0.3, -0.25) is 9.59 Å². The molecule has 3 aliphatic heterocycles. The van der Waals surface area contributed by atoms with Crippen molar-refractivity contribution < 1.29 is 14.3 Å². The molecule has 0 aromatic heterocycles. The van der Waals surface area contributed by atoms with Gasteiger partial charge in [0, 0.05) is 12.1 Å². The van der Waals surface area contributed by atoms with Gasteiger partial charge in [-0.1, -0.05) is 24.3 Å². The second-order valence-corrected chi connectivity index (χ2v) is 6.70. The molecular weight excluding hydrogens is 278 g/mol. The highest BCUT2D eigenvalue weighted by molar-refractivity contribution is 6.04. The van der Waals surface area contributed by atoms with Gasteiger partial charge in [0.2, 0.25) is 5.91 Å². The van der Waals surface area contributed by atoms with E-state index in [0.29, 0.717) is 12.8 Å². The number of nitrogens with zero attached hydrogens (tertiary/aromatic N) is 1. The van der Waals surface area contributed by atoms with Gasteiger partial charge in [-0.2, -0.15) is 0 Å². The summed E-state index contributed by atoms with van der Waals surface area (Å²) in [5.74, 6) is -0.130. The van der Waals surface area contributed by atoms with Crippen molar-refractivity contribution in [3.05, 3.63) is 42.5 Å². The fourth-order valence-corrected chi connectivity index (χ4v) is 4.65. The highest BCUT2D eigenvalue weighted by atomic mass is 16.6. The minimum Gasteiger partial charge on any atom is -0.456 e. The van der Waals surface area contributed by atoms with Gasteiger partial charge in [0.15, 0.2) is 0 Å². The van der Waals surface area contributed by atoms with Crippen molar-refractivity contribution in [2.45, 2.75) is 49.7 Å². The summed E-state index contributed by atoms with van der Waals surface area (Å²) in [6, 6.07) is 7.47. The van der Waals surface area contributed by atoms with Crippen molar-refractivity contribution in [3.63, 3.8) is 0 Å². The molecule has 1 amide bonds. The minimum absolute atomic E-state index is 0.0883. The zero-order chi connectivity index (χ0) is 15.5. The number of esters is 1. The molecule has 3 atom stereocenters. The topological polar surface area (TPSA) is 46.6 Å². The Labute approximate surface area is 129 Å². The Morgan fingerprint density at radius 2 is 2.18 bits per heavy atom. The molecule has 0 radical (unpaired) electrons. The lowest BCUT2D eigenvalue weighted by atomic mass is 9.70. The third kappa shape index (κ3) is 1.38. The molecule has 2 fully saturated rings. The number of hydrogen-bond donors (Lipinski definition) is 0. The van der Waals surface area contributed by atoms with Crippen LogP contribution in [-0.2, 0) is 19.7 Å². The molecule has 0 spiro atoms. The van der Waals surface area contributed by atoms with Crippen LogP contribution in [0.5, 0.6) is 0 Å². The molecule has 3 heterocycles. The first-order valence-electron chi connectivity index (χ1n) is 7.80. The molecule has 4 nitrogen and oxygen atoms in total. The number of anilines is 1. The number of carbonyl (C=O) groups excluding carboxylic acids is 2. The Kier molecular flexibility index (Phi) is 2.60. The summed E-state index contributed by atoms with van der Waals surface area (Å²) >= 11 is 0. The first-order chi connectivity index (χ1) is 10.5. The smallest absolute Gasteiger partial charge is 0.319 e. The quantitative estimate of drug-likeness (QED) is 0.623. The molecule has 0 bridgehead atoms. The second kappa shape index (κ2) is 4.22. The van der Waals surface area contributed by atoms with Gasteiger partial charge in [-0.05, 0) is 37.8 Å². The van der Waals surface area contributed by atoms with Crippen LogP contribution >= 0.6 is 0 Å². The van der Waals surface area contributed by atoms with Crippen LogP contribution < -0.4 is 4.90 Å². The van der Waals surface area contributed by atoms with Gasteiger partial charge in [0.05, 0.1) is 6.04 Å². The third-order valence-electron chi connectivity index (χ3n) is 5.44. The molecule has 0 saturated carbocycles. The van der Waals surface area contributed by atoms with Crippen LogP contribution in [0, 0.1) is 0 Å². The molecule has 0 aliphatic carbocycles. The molecule has 4 rings (SSSR count). The first kappa shape index (κ1) is 13.6. The van der Waals surface area contributed by atoms with Crippen molar-refractivity contribution in [2.75, 3.05) is 4.90 Å². The maximum atomic E-state index is 12.9. The average molecular weight is 297 g/mol. The summed E-state index contributed by atoms with van der Waals surface area (Å²) in [6.45, 7) is 5.80. The van der Waals surface area contributed by atoms with Crippen molar-refractivity contribution >= 4 is 17.6 Å². The maximum absolute atomic E-state index is 12.9. The molecule has 0 N–H and O–H groups in total. The molecule has 3 aliphatic rings. The lowest BCUT2D eigenvalue weighted by molar-refractivity contribution is -0.151. The van der Waals surface area contributed by atoms with Crippen LogP contribution in [0.3, 0.4) is 0 Å². The minimum atomic E-state index is -0.799. The Balaban J connectivity index is 2.04. The SMILES string of the molecule is C=CC[C@@]12C(=O)O[C@]3(C)CCCC(=O)N(c4ccccc41)[C@H]32. The summed E-state index contributed by atoms with van der Waals surface area (Å²) in [6.07, 6.45) is 4.23. The van der Waals surface area contributed by atoms with Gasteiger partial charge in [0.1, 0.15) is 11.0 Å². The number of hydrogen-bond acceptors (Lipinski definition) is 3. The van der Waals surface area contributed by atoms with E-state index in [9.17, 15) is 9.59 Å². The fraction of sp³-hybridized carbons (Fsp3) is 0.444. The maximum Gasteiger partial charge on any atom is 0.319 e. The largest absolute Gasteiger partial charge is 0.456 e. The van der Waals surface area contributed by atoms with Crippen molar-refractivity contribution in [2.24, 2.45) is 0 Å². The number of rotatable bonds is 2. The third-order valence-corrected chi connectivity index (χ3v) is 5.44. The lowest BCUT2D eigenvalue weighted by Gasteiger charge is -2.35. The summed E-state index contributed by atoms with van der Waals surface area (Å²) in [5, 5.41) is 0. The van der Waals surface area contributed by atoms with E-state index in [1.165, 1.54) is 0 Å². The molecule has 1 aromatic rings. The highest BCUT2D eigenvalue weighted by Gasteiger charge is 2.70. The van der Waals surface area contributed by atoms with E-state index >= 15 is 0 Å². The molecule has 4 heteroatoms. The Bertz CT molecular complexity index is 697. The van der Waals surface area contributed by atoms with Crippen molar-refractivity contribution in [3.8, 4) is 0 Å². The van der Waals surface area contributed by atoms with E-state index < -0.39 is 11.0 Å². The Morgan fingerprint density at radius 1 is 1.41 bits per heavy atom. The zero-order valence-corrected chi connectivity index (χ0v) is 12.7. The monoisotopic (exact) mass is 297 g/mol. The summed E-state index contributed by atoms with van der Waals surface area (Å²) in [4.78, 5) is 27.4. The van der Waals surface area contributed by atoms with Crippen LogP contribution in [0.15, 0.2) is 36.9 Å². The number of ether oxygens (including phenoxy) is 1. The van der Waals surface area contributed by atoms with E-state index in [2.05, 4.69) is 6.58 Å². The van der Waals surface area contributed by atoms with Crippen LogP contribution in [0.1, 0.15) is 38.2 Å². The summed E-state index contributed by atoms with van der Waals surface area (Å²) in [5.41, 5.74) is 0.353. The first-order valence-corrected chi connectivity index (χ1v) is 7.80. The van der Waals surface area contributed by atoms with Gasteiger partial charge in [-0.25, -0.2) is 0 Å². The van der Waals surface area contributed by atoms with Crippen molar-refractivity contribution in [1.29, 1.82) is 0 Å². The summed E-state index contributed by atoms with van der Waals surface area (Å²) in [7, 11) is 0. The fourth-order valence-electron chi connectivity index (χ4n) is 4.65.